The van der Waals surface area contributed by atoms with Crippen LogP contribution >= 0.6 is 11.6 Å². The average Bonchev–Trinajstić information content (AvgIpc) is 2.60. The van der Waals surface area contributed by atoms with Crippen molar-refractivity contribution in [2.75, 3.05) is 27.3 Å². The van der Waals surface area contributed by atoms with Crippen molar-refractivity contribution in [3.8, 4) is 5.75 Å². The Balaban J connectivity index is 2.22. The topological polar surface area (TPSA) is 131 Å². The van der Waals surface area contributed by atoms with Crippen molar-refractivity contribution in [2.24, 2.45) is 0 Å². The normalized spacial score (nSPS) is 19.7. The largest absolute Gasteiger partial charge is 0.496 e. The van der Waals surface area contributed by atoms with Crippen LogP contribution in [-0.4, -0.2) is 66.4 Å². The predicted octanol–water partition coefficient (Wildman–Crippen LogP) is 1.75. The SMILES string of the molecule is COc1cc(Cl)c([N+](=O)[O-])cc1C(=O)NC1CCN(C(=O)O)CC1OC. The molecule has 1 aromatic rings. The molecule has 0 bridgehead atoms. The second-order valence-corrected chi connectivity index (χ2v) is 6.04. The van der Waals surface area contributed by atoms with Gasteiger partial charge in [-0.05, 0) is 6.42 Å². The number of hydrogen-bond acceptors (Lipinski definition) is 6. The number of halogens is 1. The van der Waals surface area contributed by atoms with E-state index in [1.165, 1.54) is 25.2 Å². The van der Waals surface area contributed by atoms with Crippen LogP contribution in [0.3, 0.4) is 0 Å². The lowest BCUT2D eigenvalue weighted by molar-refractivity contribution is -0.384. The van der Waals surface area contributed by atoms with Crippen LogP contribution in [-0.2, 0) is 4.74 Å². The Kier molecular flexibility index (Phi) is 6.22. The van der Waals surface area contributed by atoms with Crippen molar-refractivity contribution in [2.45, 2.75) is 18.6 Å². The molecule has 1 fully saturated rings. The molecule has 142 valence electrons. The molecule has 2 rings (SSSR count). The molecule has 1 saturated heterocycles. The zero-order valence-corrected chi connectivity index (χ0v) is 14.9. The molecule has 0 saturated carbocycles. The van der Waals surface area contributed by atoms with E-state index in [4.69, 9.17) is 26.2 Å². The third kappa shape index (κ3) is 4.14. The molecule has 1 aliphatic rings. The Morgan fingerprint density at radius 2 is 2.12 bits per heavy atom. The number of nitro benzene ring substituents is 1. The number of carbonyl (C=O) groups excluding carboxylic acids is 1. The molecule has 2 atom stereocenters. The van der Waals surface area contributed by atoms with Crippen LogP contribution in [0.15, 0.2) is 12.1 Å². The number of nitro groups is 1. The van der Waals surface area contributed by atoms with E-state index in [0.29, 0.717) is 6.42 Å². The van der Waals surface area contributed by atoms with Gasteiger partial charge in [0, 0.05) is 25.8 Å². The first-order valence-corrected chi connectivity index (χ1v) is 7.99. The highest BCUT2D eigenvalue weighted by molar-refractivity contribution is 6.33. The number of carbonyl (C=O) groups is 2. The Bertz CT molecular complexity index is 727. The van der Waals surface area contributed by atoms with Crippen LogP contribution in [0.2, 0.25) is 5.02 Å². The summed E-state index contributed by atoms with van der Waals surface area (Å²) in [6.45, 7) is 0.340. The lowest BCUT2D eigenvalue weighted by Crippen LogP contribution is -2.55. The van der Waals surface area contributed by atoms with E-state index in [0.717, 1.165) is 6.07 Å². The molecule has 1 aliphatic heterocycles. The van der Waals surface area contributed by atoms with E-state index in [-0.39, 0.29) is 29.4 Å². The molecular formula is C15H18ClN3O7. The average molecular weight is 388 g/mol. The maximum atomic E-state index is 12.6. The van der Waals surface area contributed by atoms with Crippen molar-refractivity contribution in [3.63, 3.8) is 0 Å². The van der Waals surface area contributed by atoms with Gasteiger partial charge in [0.15, 0.2) is 0 Å². The number of hydrogen-bond donors (Lipinski definition) is 2. The van der Waals surface area contributed by atoms with Crippen molar-refractivity contribution >= 4 is 29.3 Å². The number of nitrogens with one attached hydrogen (secondary N) is 1. The highest BCUT2D eigenvalue weighted by Crippen LogP contribution is 2.32. The molecule has 0 radical (unpaired) electrons. The first-order chi connectivity index (χ1) is 12.3. The van der Waals surface area contributed by atoms with Gasteiger partial charge >= 0.3 is 6.09 Å². The zero-order chi connectivity index (χ0) is 19.4. The molecule has 2 N–H and O–H groups in total. The van der Waals surface area contributed by atoms with Gasteiger partial charge in [-0.3, -0.25) is 14.9 Å². The van der Waals surface area contributed by atoms with E-state index in [1.807, 2.05) is 0 Å². The Morgan fingerprint density at radius 1 is 1.42 bits per heavy atom. The van der Waals surface area contributed by atoms with Gasteiger partial charge in [0.1, 0.15) is 10.8 Å². The summed E-state index contributed by atoms with van der Waals surface area (Å²) in [5, 5.41) is 22.7. The lowest BCUT2D eigenvalue weighted by Gasteiger charge is -2.36. The smallest absolute Gasteiger partial charge is 0.407 e. The summed E-state index contributed by atoms with van der Waals surface area (Å²) in [5.74, 6) is -0.507. The van der Waals surface area contributed by atoms with Crippen molar-refractivity contribution in [3.05, 3.63) is 32.8 Å². The van der Waals surface area contributed by atoms with Crippen molar-refractivity contribution in [1.29, 1.82) is 0 Å². The first kappa shape index (κ1) is 19.7. The fraction of sp³-hybridized carbons (Fsp3) is 0.467. The number of rotatable bonds is 5. The standard InChI is InChI=1S/C15H18ClN3O7/c1-25-12-6-9(16)11(19(23)24)5-8(12)14(20)17-10-3-4-18(15(21)22)7-13(10)26-2/h5-6,10,13H,3-4,7H2,1-2H3,(H,17,20)(H,21,22). The Labute approximate surface area is 153 Å². The Morgan fingerprint density at radius 3 is 2.65 bits per heavy atom. The van der Waals surface area contributed by atoms with E-state index in [9.17, 15) is 19.7 Å². The third-order valence-electron chi connectivity index (χ3n) is 4.16. The molecule has 1 aromatic carbocycles. The summed E-state index contributed by atoms with van der Waals surface area (Å²) in [6, 6.07) is 1.79. The quantitative estimate of drug-likeness (QED) is 0.581. The fourth-order valence-corrected chi connectivity index (χ4v) is 2.99. The summed E-state index contributed by atoms with van der Waals surface area (Å²) in [4.78, 5) is 35.2. The maximum Gasteiger partial charge on any atom is 0.407 e. The van der Waals surface area contributed by atoms with Crippen LogP contribution in [0.25, 0.3) is 0 Å². The molecule has 0 spiro atoms. The summed E-state index contributed by atoms with van der Waals surface area (Å²) >= 11 is 5.83. The number of piperidine rings is 1. The van der Waals surface area contributed by atoms with Crippen LogP contribution in [0, 0.1) is 10.1 Å². The number of methoxy groups -OCH3 is 2. The molecule has 0 aromatic heterocycles. The highest BCUT2D eigenvalue weighted by atomic mass is 35.5. The summed E-state index contributed by atoms with van der Waals surface area (Å²) < 4.78 is 10.4. The third-order valence-corrected chi connectivity index (χ3v) is 4.46. The number of nitrogens with zero attached hydrogens (tertiary/aromatic N) is 2. The number of ether oxygens (including phenoxy) is 2. The molecular weight excluding hydrogens is 370 g/mol. The monoisotopic (exact) mass is 387 g/mol. The van der Waals surface area contributed by atoms with Crippen molar-refractivity contribution in [1.82, 2.24) is 10.2 Å². The minimum atomic E-state index is -1.06. The maximum absolute atomic E-state index is 12.6. The number of likely N-dealkylation sites (tertiary alicyclic amines) is 1. The minimum Gasteiger partial charge on any atom is -0.496 e. The van der Waals surface area contributed by atoms with E-state index in [1.54, 1.807) is 0 Å². The van der Waals surface area contributed by atoms with Gasteiger partial charge in [0.05, 0.1) is 36.3 Å². The molecule has 11 heteroatoms. The first-order valence-electron chi connectivity index (χ1n) is 7.62. The fourth-order valence-electron chi connectivity index (χ4n) is 2.77. The summed E-state index contributed by atoms with van der Waals surface area (Å²) in [7, 11) is 2.74. The predicted molar refractivity (Wildman–Crippen MR) is 90.9 cm³/mol. The van der Waals surface area contributed by atoms with E-state index >= 15 is 0 Å². The van der Waals surface area contributed by atoms with Crippen LogP contribution in [0.4, 0.5) is 10.5 Å². The summed E-state index contributed by atoms with van der Waals surface area (Å²) in [5.41, 5.74) is -0.458. The number of carboxylic acid groups (broad SMARTS) is 1. The summed E-state index contributed by atoms with van der Waals surface area (Å²) in [6.07, 6.45) is -1.27. The van der Waals surface area contributed by atoms with Gasteiger partial charge in [-0.1, -0.05) is 11.6 Å². The second kappa shape index (κ2) is 8.19. The minimum absolute atomic E-state index is 0.0425. The lowest BCUT2D eigenvalue weighted by atomic mass is 10.0. The van der Waals surface area contributed by atoms with Crippen LogP contribution in [0.1, 0.15) is 16.8 Å². The van der Waals surface area contributed by atoms with Gasteiger partial charge in [0.2, 0.25) is 0 Å². The molecule has 2 amide bonds. The molecule has 0 aliphatic carbocycles. The number of amides is 2. The van der Waals surface area contributed by atoms with E-state index in [2.05, 4.69) is 5.32 Å². The highest BCUT2D eigenvalue weighted by Gasteiger charge is 2.33. The van der Waals surface area contributed by atoms with Crippen LogP contribution < -0.4 is 10.1 Å². The Hall–Kier alpha value is -2.59. The van der Waals surface area contributed by atoms with Gasteiger partial charge in [-0.2, -0.15) is 0 Å². The second-order valence-electron chi connectivity index (χ2n) is 5.63. The van der Waals surface area contributed by atoms with Gasteiger partial charge in [-0.15, -0.1) is 0 Å². The zero-order valence-electron chi connectivity index (χ0n) is 14.1. The van der Waals surface area contributed by atoms with Crippen molar-refractivity contribution < 1.29 is 29.1 Å². The van der Waals surface area contributed by atoms with E-state index < -0.39 is 34.8 Å². The van der Waals surface area contributed by atoms with Gasteiger partial charge in [-0.25, -0.2) is 4.79 Å². The molecule has 26 heavy (non-hydrogen) atoms. The van der Waals surface area contributed by atoms with Gasteiger partial charge < -0.3 is 24.8 Å². The molecule has 10 nitrogen and oxygen atoms in total. The number of benzene rings is 1. The molecule has 1 heterocycles. The van der Waals surface area contributed by atoms with Crippen LogP contribution in [0.5, 0.6) is 5.75 Å². The van der Waals surface area contributed by atoms with Gasteiger partial charge in [0.25, 0.3) is 11.6 Å². The molecule has 2 unspecified atom stereocenters.